The Morgan fingerprint density at radius 2 is 1.71 bits per heavy atom. The van der Waals surface area contributed by atoms with Crippen molar-refractivity contribution in [2.75, 3.05) is 14.2 Å². The molecule has 0 amide bonds. The molecule has 0 aliphatic heterocycles. The fourth-order valence-electron chi connectivity index (χ4n) is 2.40. The number of rotatable bonds is 6. The highest BCUT2D eigenvalue weighted by Crippen LogP contribution is 2.21. The van der Waals surface area contributed by atoms with Crippen molar-refractivity contribution in [1.29, 1.82) is 0 Å². The third-order valence-corrected chi connectivity index (χ3v) is 4.03. The number of benzene rings is 2. The molecule has 21 heavy (non-hydrogen) atoms. The number of quaternary nitrogens is 1. The number of Topliss-reactive ketones (excluding diaryl/α,β-unsaturated/α-hetero) is 1. The molecule has 2 aromatic rings. The highest BCUT2D eigenvalue weighted by molar-refractivity contribution is 9.10. The second-order valence-electron chi connectivity index (χ2n) is 4.80. The van der Waals surface area contributed by atoms with Crippen LogP contribution in [0, 0.1) is 0 Å². The molecule has 4 heteroatoms. The molecule has 0 fully saturated rings. The van der Waals surface area contributed by atoms with Gasteiger partial charge in [0.15, 0.2) is 6.04 Å². The zero-order valence-electron chi connectivity index (χ0n) is 12.1. The quantitative estimate of drug-likeness (QED) is 0.815. The van der Waals surface area contributed by atoms with Gasteiger partial charge in [-0.25, -0.2) is 0 Å². The maximum absolute atomic E-state index is 12.7. The van der Waals surface area contributed by atoms with Crippen LogP contribution in [0.4, 0.5) is 0 Å². The predicted molar refractivity (Wildman–Crippen MR) is 86.3 cm³/mol. The lowest BCUT2D eigenvalue weighted by atomic mass is 9.95. The first-order chi connectivity index (χ1) is 10.2. The van der Waals surface area contributed by atoms with E-state index in [0.717, 1.165) is 10.0 Å². The lowest BCUT2D eigenvalue weighted by Gasteiger charge is -2.22. The third-order valence-electron chi connectivity index (χ3n) is 3.50. The second-order valence-corrected chi connectivity index (χ2v) is 5.71. The Labute approximate surface area is 133 Å². The molecule has 2 N–H and O–H groups in total. The summed E-state index contributed by atoms with van der Waals surface area (Å²) in [6, 6.07) is 17.0. The van der Waals surface area contributed by atoms with Crippen LogP contribution in [0.5, 0.6) is 0 Å². The van der Waals surface area contributed by atoms with E-state index in [2.05, 4.69) is 15.9 Å². The molecule has 0 saturated carbocycles. The monoisotopic (exact) mass is 348 g/mol. The third kappa shape index (κ3) is 3.79. The van der Waals surface area contributed by atoms with Crippen LogP contribution in [0.1, 0.15) is 22.0 Å². The summed E-state index contributed by atoms with van der Waals surface area (Å²) in [4.78, 5) is 12.7. The van der Waals surface area contributed by atoms with Crippen molar-refractivity contribution in [2.45, 2.75) is 12.1 Å². The van der Waals surface area contributed by atoms with E-state index in [0.29, 0.717) is 5.56 Å². The number of nitrogens with two attached hydrogens (primary N) is 1. The molecule has 0 heterocycles. The maximum atomic E-state index is 12.7. The van der Waals surface area contributed by atoms with Crippen molar-refractivity contribution in [3.8, 4) is 0 Å². The molecular weight excluding hydrogens is 330 g/mol. The Balaban J connectivity index is 2.29. The molecule has 0 aromatic heterocycles. The molecule has 2 aromatic carbocycles. The Morgan fingerprint density at radius 1 is 1.10 bits per heavy atom. The number of likely N-dealkylation sites (N-methyl/N-ethyl adjacent to an activating group) is 1. The highest BCUT2D eigenvalue weighted by Gasteiger charge is 2.32. The van der Waals surface area contributed by atoms with Crippen molar-refractivity contribution in [3.63, 3.8) is 0 Å². The Kier molecular flexibility index (Phi) is 5.67. The van der Waals surface area contributed by atoms with Gasteiger partial charge in [0.25, 0.3) is 0 Å². The van der Waals surface area contributed by atoms with E-state index in [1.54, 1.807) is 7.11 Å². The first-order valence-electron chi connectivity index (χ1n) is 6.84. The average molecular weight is 349 g/mol. The minimum Gasteiger partial charge on any atom is -0.370 e. The molecule has 0 radical (unpaired) electrons. The maximum Gasteiger partial charge on any atom is 0.222 e. The van der Waals surface area contributed by atoms with Crippen LogP contribution >= 0.6 is 15.9 Å². The fraction of sp³-hybridized carbons (Fsp3) is 0.235. The topological polar surface area (TPSA) is 42.9 Å². The van der Waals surface area contributed by atoms with E-state index in [-0.39, 0.29) is 17.9 Å². The first-order valence-corrected chi connectivity index (χ1v) is 7.63. The summed E-state index contributed by atoms with van der Waals surface area (Å²) < 4.78 is 6.55. The Bertz CT molecular complexity index is 583. The summed E-state index contributed by atoms with van der Waals surface area (Å²) in [6.07, 6.45) is -0.271. The molecule has 0 aliphatic rings. The zero-order chi connectivity index (χ0) is 15.2. The number of methoxy groups -OCH3 is 1. The molecule has 0 bridgehead atoms. The van der Waals surface area contributed by atoms with Crippen molar-refractivity contribution in [3.05, 3.63) is 70.2 Å². The van der Waals surface area contributed by atoms with Gasteiger partial charge in [-0.2, -0.15) is 0 Å². The van der Waals surface area contributed by atoms with Gasteiger partial charge in [-0.3, -0.25) is 4.79 Å². The molecule has 0 spiro atoms. The summed E-state index contributed by atoms with van der Waals surface area (Å²) in [7, 11) is 3.54. The van der Waals surface area contributed by atoms with E-state index in [9.17, 15) is 4.79 Å². The van der Waals surface area contributed by atoms with Crippen LogP contribution in [0.3, 0.4) is 0 Å². The molecule has 3 nitrogen and oxygen atoms in total. The summed E-state index contributed by atoms with van der Waals surface area (Å²) in [6.45, 7) is 0. The summed E-state index contributed by atoms with van der Waals surface area (Å²) >= 11 is 3.38. The van der Waals surface area contributed by atoms with Gasteiger partial charge in [-0.15, -0.1) is 0 Å². The predicted octanol–water partition coefficient (Wildman–Crippen LogP) is 2.58. The van der Waals surface area contributed by atoms with Gasteiger partial charge in [0.1, 0.15) is 6.10 Å². The van der Waals surface area contributed by atoms with Crippen LogP contribution < -0.4 is 5.32 Å². The van der Waals surface area contributed by atoms with Gasteiger partial charge < -0.3 is 10.1 Å². The molecular formula is C17H19BrNO2+. The Morgan fingerprint density at radius 3 is 2.24 bits per heavy atom. The van der Waals surface area contributed by atoms with Crippen LogP contribution in [0.15, 0.2) is 59.1 Å². The number of carbonyl (C=O) groups excluding carboxylic acids is 1. The lowest BCUT2D eigenvalue weighted by Crippen LogP contribution is -2.89. The van der Waals surface area contributed by atoms with Crippen LogP contribution in [-0.4, -0.2) is 26.0 Å². The highest BCUT2D eigenvalue weighted by atomic mass is 79.9. The molecule has 110 valence electrons. The van der Waals surface area contributed by atoms with E-state index < -0.39 is 0 Å². The van der Waals surface area contributed by atoms with Crippen molar-refractivity contribution < 1.29 is 14.8 Å². The Hall–Kier alpha value is -1.49. The van der Waals surface area contributed by atoms with E-state index in [4.69, 9.17) is 4.74 Å². The van der Waals surface area contributed by atoms with Gasteiger partial charge in [0.05, 0.1) is 7.05 Å². The fourth-order valence-corrected chi connectivity index (χ4v) is 2.67. The molecule has 0 aliphatic carbocycles. The number of halogens is 1. The normalized spacial score (nSPS) is 13.7. The molecule has 2 rings (SSSR count). The van der Waals surface area contributed by atoms with Crippen molar-refractivity contribution in [2.24, 2.45) is 0 Å². The number of ether oxygens (including phenoxy) is 1. The van der Waals surface area contributed by atoms with Gasteiger partial charge in [0.2, 0.25) is 5.78 Å². The molecule has 0 unspecified atom stereocenters. The van der Waals surface area contributed by atoms with Crippen molar-refractivity contribution in [1.82, 2.24) is 0 Å². The number of hydrogen-bond acceptors (Lipinski definition) is 2. The number of hydrogen-bond donors (Lipinski definition) is 1. The molecule has 2 atom stereocenters. The first kappa shape index (κ1) is 15.9. The van der Waals surface area contributed by atoms with Gasteiger partial charge in [-0.1, -0.05) is 58.4 Å². The number of carbonyl (C=O) groups is 1. The van der Waals surface area contributed by atoms with E-state index in [1.165, 1.54) is 0 Å². The zero-order valence-corrected chi connectivity index (χ0v) is 13.7. The smallest absolute Gasteiger partial charge is 0.222 e. The molecule has 0 saturated heterocycles. The average Bonchev–Trinajstić information content (AvgIpc) is 2.53. The largest absolute Gasteiger partial charge is 0.370 e. The van der Waals surface area contributed by atoms with Gasteiger partial charge >= 0.3 is 0 Å². The summed E-state index contributed by atoms with van der Waals surface area (Å²) in [5, 5.41) is 1.91. The van der Waals surface area contributed by atoms with E-state index >= 15 is 0 Å². The SMILES string of the molecule is C[NH2+][C@H](C(=O)c1ccc(Br)cc1)[C@@H](OC)c1ccccc1. The second kappa shape index (κ2) is 7.50. The van der Waals surface area contributed by atoms with Crippen LogP contribution in [0.25, 0.3) is 0 Å². The van der Waals surface area contributed by atoms with E-state index in [1.807, 2.05) is 67.0 Å². The minimum atomic E-state index is -0.307. The summed E-state index contributed by atoms with van der Waals surface area (Å²) in [5.74, 6) is 0.0701. The van der Waals surface area contributed by atoms with Crippen LogP contribution in [0.2, 0.25) is 0 Å². The van der Waals surface area contributed by atoms with Crippen molar-refractivity contribution >= 4 is 21.7 Å². The standard InChI is InChI=1S/C17H18BrNO2/c1-19-15(16(20)12-8-10-14(18)11-9-12)17(21-2)13-6-4-3-5-7-13/h3-11,15,17,19H,1-2H3/p+1/t15-,17+/m1/s1. The van der Waals surface area contributed by atoms with Crippen LogP contribution in [-0.2, 0) is 4.74 Å². The lowest BCUT2D eigenvalue weighted by molar-refractivity contribution is -0.657. The summed E-state index contributed by atoms with van der Waals surface area (Å²) in [5.41, 5.74) is 1.70. The van der Waals surface area contributed by atoms with Gasteiger partial charge in [0, 0.05) is 17.1 Å². The van der Waals surface area contributed by atoms with Gasteiger partial charge in [-0.05, 0) is 17.7 Å². The minimum absolute atomic E-state index is 0.0701. The number of ketones is 1.